The molecule has 1 aromatic rings. The molecule has 5 heteroatoms. The molecular formula is C11H16N2O2S. The van der Waals surface area contributed by atoms with Crippen molar-refractivity contribution in [3.63, 3.8) is 0 Å². The van der Waals surface area contributed by atoms with Crippen molar-refractivity contribution in [3.8, 4) is 0 Å². The number of hydrogen-bond acceptors (Lipinski definition) is 4. The molecule has 2 rings (SSSR count). The van der Waals surface area contributed by atoms with Gasteiger partial charge < -0.3 is 5.32 Å². The smallest absolute Gasteiger partial charge is 0.156 e. The van der Waals surface area contributed by atoms with Crippen LogP contribution in [0.1, 0.15) is 12.1 Å². The fourth-order valence-electron chi connectivity index (χ4n) is 1.98. The van der Waals surface area contributed by atoms with Crippen LogP contribution >= 0.6 is 0 Å². The van der Waals surface area contributed by atoms with Crippen molar-refractivity contribution in [1.82, 2.24) is 10.3 Å². The lowest BCUT2D eigenvalue weighted by atomic mass is 10.2. The van der Waals surface area contributed by atoms with Crippen LogP contribution in [0.5, 0.6) is 0 Å². The van der Waals surface area contributed by atoms with E-state index in [0.717, 1.165) is 19.5 Å². The van der Waals surface area contributed by atoms with Crippen molar-refractivity contribution in [2.45, 2.75) is 12.2 Å². The Labute approximate surface area is 96.0 Å². The number of rotatable bonds is 4. The van der Waals surface area contributed by atoms with Crippen molar-refractivity contribution in [2.75, 3.05) is 18.8 Å². The maximum absolute atomic E-state index is 11.9. The third-order valence-electron chi connectivity index (χ3n) is 2.75. The van der Waals surface area contributed by atoms with E-state index in [1.807, 2.05) is 6.07 Å². The summed E-state index contributed by atoms with van der Waals surface area (Å²) in [5, 5.41) is 3.18. The van der Waals surface area contributed by atoms with E-state index < -0.39 is 9.84 Å². The molecule has 0 bridgehead atoms. The zero-order valence-electron chi connectivity index (χ0n) is 9.09. The molecule has 0 spiro atoms. The molecule has 1 aromatic heterocycles. The summed E-state index contributed by atoms with van der Waals surface area (Å²) >= 11 is 0. The van der Waals surface area contributed by atoms with Gasteiger partial charge >= 0.3 is 0 Å². The van der Waals surface area contributed by atoms with Gasteiger partial charge in [0.25, 0.3) is 0 Å². The van der Waals surface area contributed by atoms with Gasteiger partial charge in [-0.3, -0.25) is 4.98 Å². The van der Waals surface area contributed by atoms with Gasteiger partial charge in [-0.25, -0.2) is 8.42 Å². The first-order chi connectivity index (χ1) is 7.66. The monoisotopic (exact) mass is 240 g/mol. The van der Waals surface area contributed by atoms with Crippen LogP contribution in [0.4, 0.5) is 0 Å². The molecule has 1 unspecified atom stereocenters. The number of nitrogens with one attached hydrogen (secondary N) is 1. The topological polar surface area (TPSA) is 59.1 Å². The van der Waals surface area contributed by atoms with Crippen LogP contribution in [-0.2, 0) is 15.6 Å². The van der Waals surface area contributed by atoms with Crippen LogP contribution < -0.4 is 5.32 Å². The quantitative estimate of drug-likeness (QED) is 0.837. The molecule has 0 aliphatic carbocycles. The predicted octanol–water partition coefficient (Wildman–Crippen LogP) is 0.606. The average molecular weight is 240 g/mol. The fraction of sp³-hybridized carbons (Fsp3) is 0.545. The summed E-state index contributed by atoms with van der Waals surface area (Å²) in [7, 11) is -3.02. The third-order valence-corrected chi connectivity index (χ3v) is 4.46. The number of nitrogens with zero attached hydrogens (tertiary/aromatic N) is 1. The van der Waals surface area contributed by atoms with Crippen LogP contribution in [-0.4, -0.2) is 32.2 Å². The molecular weight excluding hydrogens is 224 g/mol. The fourth-order valence-corrected chi connectivity index (χ4v) is 3.73. The van der Waals surface area contributed by atoms with Gasteiger partial charge in [0.1, 0.15) is 0 Å². The van der Waals surface area contributed by atoms with Gasteiger partial charge in [-0.15, -0.1) is 0 Å². The maximum atomic E-state index is 11.9. The Morgan fingerprint density at radius 2 is 2.31 bits per heavy atom. The maximum Gasteiger partial charge on any atom is 0.156 e. The van der Waals surface area contributed by atoms with E-state index >= 15 is 0 Å². The number of sulfone groups is 1. The Balaban J connectivity index is 1.97. The Hall–Kier alpha value is -0.940. The van der Waals surface area contributed by atoms with Gasteiger partial charge in [0.2, 0.25) is 0 Å². The molecule has 16 heavy (non-hydrogen) atoms. The molecule has 4 nitrogen and oxygen atoms in total. The van der Waals surface area contributed by atoms with Gasteiger partial charge in [0.15, 0.2) is 9.84 Å². The highest BCUT2D eigenvalue weighted by Gasteiger charge is 2.22. The van der Waals surface area contributed by atoms with Crippen molar-refractivity contribution in [2.24, 2.45) is 5.92 Å². The van der Waals surface area contributed by atoms with Crippen LogP contribution in [0.3, 0.4) is 0 Å². The first-order valence-electron chi connectivity index (χ1n) is 5.47. The molecule has 0 aromatic carbocycles. The van der Waals surface area contributed by atoms with Gasteiger partial charge in [0.05, 0.1) is 17.2 Å². The van der Waals surface area contributed by atoms with Crippen molar-refractivity contribution in [1.29, 1.82) is 0 Å². The Morgan fingerprint density at radius 3 is 2.94 bits per heavy atom. The van der Waals surface area contributed by atoms with E-state index in [-0.39, 0.29) is 17.4 Å². The lowest BCUT2D eigenvalue weighted by Crippen LogP contribution is -2.20. The van der Waals surface area contributed by atoms with E-state index in [4.69, 9.17) is 0 Å². The minimum atomic E-state index is -3.02. The van der Waals surface area contributed by atoms with Crippen molar-refractivity contribution >= 4 is 9.84 Å². The summed E-state index contributed by atoms with van der Waals surface area (Å²) in [6.45, 7) is 1.76. The van der Waals surface area contributed by atoms with Gasteiger partial charge in [-0.05, 0) is 37.6 Å². The van der Waals surface area contributed by atoms with Crippen LogP contribution in [0.2, 0.25) is 0 Å². The second-order valence-electron chi connectivity index (χ2n) is 4.23. The van der Waals surface area contributed by atoms with Gasteiger partial charge in [-0.1, -0.05) is 6.07 Å². The van der Waals surface area contributed by atoms with Crippen molar-refractivity contribution < 1.29 is 8.42 Å². The SMILES string of the molecule is O=S(=O)(Cc1ccccn1)CC1CCNC1. The molecule has 1 fully saturated rings. The van der Waals surface area contributed by atoms with E-state index in [1.165, 1.54) is 0 Å². The minimum Gasteiger partial charge on any atom is -0.316 e. The zero-order valence-corrected chi connectivity index (χ0v) is 9.91. The molecule has 0 saturated carbocycles. The predicted molar refractivity (Wildman–Crippen MR) is 62.7 cm³/mol. The van der Waals surface area contributed by atoms with Crippen molar-refractivity contribution in [3.05, 3.63) is 30.1 Å². The normalized spacial score (nSPS) is 21.1. The van der Waals surface area contributed by atoms with E-state index in [9.17, 15) is 8.42 Å². The largest absolute Gasteiger partial charge is 0.316 e. The number of aromatic nitrogens is 1. The Kier molecular flexibility index (Phi) is 3.56. The highest BCUT2D eigenvalue weighted by molar-refractivity contribution is 7.90. The van der Waals surface area contributed by atoms with Crippen LogP contribution in [0.15, 0.2) is 24.4 Å². The minimum absolute atomic E-state index is 0.0599. The molecule has 1 atom stereocenters. The highest BCUT2D eigenvalue weighted by atomic mass is 32.2. The number of hydrogen-bond donors (Lipinski definition) is 1. The molecule has 1 aliphatic heterocycles. The lowest BCUT2D eigenvalue weighted by Gasteiger charge is -2.08. The summed E-state index contributed by atoms with van der Waals surface area (Å²) in [6.07, 6.45) is 2.59. The third kappa shape index (κ3) is 3.28. The molecule has 88 valence electrons. The Bertz CT molecular complexity index is 425. The molecule has 0 radical (unpaired) electrons. The first kappa shape index (κ1) is 11.5. The summed E-state index contributed by atoms with van der Waals surface area (Å²) in [5.41, 5.74) is 0.633. The summed E-state index contributed by atoms with van der Waals surface area (Å²) in [6, 6.07) is 5.36. The summed E-state index contributed by atoms with van der Waals surface area (Å²) < 4.78 is 23.8. The summed E-state index contributed by atoms with van der Waals surface area (Å²) in [5.74, 6) is 0.606. The number of pyridine rings is 1. The van der Waals surface area contributed by atoms with Gasteiger partial charge in [0, 0.05) is 6.20 Å². The van der Waals surface area contributed by atoms with E-state index in [1.54, 1.807) is 18.3 Å². The second-order valence-corrected chi connectivity index (χ2v) is 6.34. The highest BCUT2D eigenvalue weighted by Crippen LogP contribution is 2.13. The molecule has 1 N–H and O–H groups in total. The molecule has 0 amide bonds. The van der Waals surface area contributed by atoms with E-state index in [0.29, 0.717) is 5.69 Å². The van der Waals surface area contributed by atoms with Gasteiger partial charge in [-0.2, -0.15) is 0 Å². The zero-order chi connectivity index (χ0) is 11.4. The standard InChI is InChI=1S/C11H16N2O2S/c14-16(15,8-10-4-6-12-7-10)9-11-3-1-2-5-13-11/h1-3,5,10,12H,4,6-9H2. The first-order valence-corrected chi connectivity index (χ1v) is 7.29. The molecule has 2 heterocycles. The van der Waals surface area contributed by atoms with Crippen LogP contribution in [0.25, 0.3) is 0 Å². The second kappa shape index (κ2) is 4.93. The average Bonchev–Trinajstić information content (AvgIpc) is 2.70. The molecule has 1 aliphatic rings. The summed E-state index contributed by atoms with van der Waals surface area (Å²) in [4.78, 5) is 4.04. The Morgan fingerprint density at radius 1 is 1.44 bits per heavy atom. The lowest BCUT2D eigenvalue weighted by molar-refractivity contribution is 0.569. The molecule has 1 saturated heterocycles. The van der Waals surface area contributed by atoms with E-state index in [2.05, 4.69) is 10.3 Å². The van der Waals surface area contributed by atoms with Crippen LogP contribution in [0, 0.1) is 5.92 Å².